The molecule has 0 fully saturated rings. The lowest BCUT2D eigenvalue weighted by Gasteiger charge is -2.10. The number of halogens is 2. The van der Waals surface area contributed by atoms with Gasteiger partial charge in [-0.3, -0.25) is 4.72 Å². The third kappa shape index (κ3) is 3.26. The highest BCUT2D eigenvalue weighted by Crippen LogP contribution is 2.35. The number of anilines is 1. The maximum atomic E-state index is 12.2. The minimum absolute atomic E-state index is 0.0565. The van der Waals surface area contributed by atoms with Crippen molar-refractivity contribution in [3.05, 3.63) is 51.5 Å². The van der Waals surface area contributed by atoms with Gasteiger partial charge in [-0.1, -0.05) is 29.3 Å². The Bertz CT molecular complexity index is 722. The number of hydrogen-bond donors (Lipinski definition) is 2. The highest BCUT2D eigenvalue weighted by atomic mass is 79.9. The number of nitrogens with one attached hydrogen (secondary N) is 1. The number of aromatic hydroxyl groups is 1. The Kier molecular flexibility index (Phi) is 4.27. The SMILES string of the molecule is Cc1ccc(S(=O)(=O)Nc2cc(Cl)c(O)c(Br)c2)cc1. The molecule has 2 aromatic rings. The van der Waals surface area contributed by atoms with Crippen LogP contribution >= 0.6 is 27.5 Å². The maximum absolute atomic E-state index is 12.2. The van der Waals surface area contributed by atoms with Crippen LogP contribution in [0, 0.1) is 6.92 Å². The number of aryl methyl sites for hydroxylation is 1. The number of hydrogen-bond acceptors (Lipinski definition) is 3. The number of benzene rings is 2. The summed E-state index contributed by atoms with van der Waals surface area (Å²) in [7, 11) is -3.69. The van der Waals surface area contributed by atoms with Crippen LogP contribution in [0.15, 0.2) is 45.8 Å². The molecular formula is C13H11BrClNO3S. The number of rotatable bonds is 3. The van der Waals surface area contributed by atoms with Crippen molar-refractivity contribution in [1.29, 1.82) is 0 Å². The summed E-state index contributed by atoms with van der Waals surface area (Å²) in [5, 5.41) is 9.58. The highest BCUT2D eigenvalue weighted by molar-refractivity contribution is 9.10. The molecule has 0 aromatic heterocycles. The van der Waals surface area contributed by atoms with Gasteiger partial charge in [-0.2, -0.15) is 0 Å². The zero-order chi connectivity index (χ0) is 14.9. The second-order valence-electron chi connectivity index (χ2n) is 4.21. The van der Waals surface area contributed by atoms with Crippen molar-refractivity contribution in [2.24, 2.45) is 0 Å². The van der Waals surface area contributed by atoms with E-state index in [1.165, 1.54) is 24.3 Å². The van der Waals surface area contributed by atoms with E-state index in [-0.39, 0.29) is 21.4 Å². The van der Waals surface area contributed by atoms with Gasteiger partial charge in [0.25, 0.3) is 10.0 Å². The molecule has 0 bridgehead atoms. The second kappa shape index (κ2) is 5.63. The van der Waals surface area contributed by atoms with E-state index in [9.17, 15) is 13.5 Å². The molecule has 0 radical (unpaired) electrons. The molecule has 0 aliphatic heterocycles. The van der Waals surface area contributed by atoms with Crippen molar-refractivity contribution in [1.82, 2.24) is 0 Å². The standard InChI is InChI=1S/C13H11BrClNO3S/c1-8-2-4-10(5-3-8)20(18,19)16-9-6-11(14)13(17)12(15)7-9/h2-7,16-17H,1H3. The topological polar surface area (TPSA) is 66.4 Å². The lowest BCUT2D eigenvalue weighted by atomic mass is 10.2. The van der Waals surface area contributed by atoms with E-state index < -0.39 is 10.0 Å². The van der Waals surface area contributed by atoms with Crippen molar-refractivity contribution in [2.45, 2.75) is 11.8 Å². The molecular weight excluding hydrogens is 366 g/mol. The van der Waals surface area contributed by atoms with Crippen LogP contribution in [0.4, 0.5) is 5.69 Å². The summed E-state index contributed by atoms with van der Waals surface area (Å²) >= 11 is 8.90. The van der Waals surface area contributed by atoms with Crippen LogP contribution in [-0.2, 0) is 10.0 Å². The van der Waals surface area contributed by atoms with Gasteiger partial charge in [0.2, 0.25) is 0 Å². The van der Waals surface area contributed by atoms with Gasteiger partial charge in [-0.25, -0.2) is 8.42 Å². The average molecular weight is 377 g/mol. The summed E-state index contributed by atoms with van der Waals surface area (Å²) in [5.74, 6) is -0.134. The minimum atomic E-state index is -3.69. The molecule has 0 unspecified atom stereocenters. The third-order valence-electron chi connectivity index (χ3n) is 2.60. The van der Waals surface area contributed by atoms with Crippen LogP contribution in [0.2, 0.25) is 5.02 Å². The van der Waals surface area contributed by atoms with E-state index in [0.717, 1.165) is 5.56 Å². The largest absolute Gasteiger partial charge is 0.505 e. The number of phenols is 1. The van der Waals surface area contributed by atoms with E-state index in [4.69, 9.17) is 11.6 Å². The van der Waals surface area contributed by atoms with Gasteiger partial charge < -0.3 is 5.11 Å². The van der Waals surface area contributed by atoms with Crippen molar-refractivity contribution in [3.8, 4) is 5.75 Å². The summed E-state index contributed by atoms with van der Waals surface area (Å²) in [6.07, 6.45) is 0. The number of sulfonamides is 1. The quantitative estimate of drug-likeness (QED) is 0.798. The average Bonchev–Trinajstić information content (AvgIpc) is 2.36. The molecule has 0 heterocycles. The highest BCUT2D eigenvalue weighted by Gasteiger charge is 2.15. The molecule has 0 saturated carbocycles. The van der Waals surface area contributed by atoms with Crippen LogP contribution in [0.1, 0.15) is 5.56 Å². The molecule has 0 aliphatic carbocycles. The Hall–Kier alpha value is -1.24. The smallest absolute Gasteiger partial charge is 0.261 e. The van der Waals surface area contributed by atoms with Gasteiger partial charge >= 0.3 is 0 Å². The molecule has 0 atom stereocenters. The Morgan fingerprint density at radius 2 is 1.80 bits per heavy atom. The van der Waals surface area contributed by atoms with Gasteiger partial charge in [0.15, 0.2) is 0 Å². The Balaban J connectivity index is 2.36. The monoisotopic (exact) mass is 375 g/mol. The molecule has 20 heavy (non-hydrogen) atoms. The molecule has 0 saturated heterocycles. The van der Waals surface area contributed by atoms with Crippen molar-refractivity contribution in [2.75, 3.05) is 4.72 Å². The van der Waals surface area contributed by atoms with E-state index in [1.807, 2.05) is 6.92 Å². The summed E-state index contributed by atoms with van der Waals surface area (Å²) < 4.78 is 27.1. The summed E-state index contributed by atoms with van der Waals surface area (Å²) in [6, 6.07) is 9.26. The second-order valence-corrected chi connectivity index (χ2v) is 7.15. The third-order valence-corrected chi connectivity index (χ3v) is 4.89. The summed E-state index contributed by atoms with van der Waals surface area (Å²) in [5.41, 5.74) is 1.24. The first kappa shape index (κ1) is 15.2. The van der Waals surface area contributed by atoms with E-state index in [2.05, 4.69) is 20.7 Å². The van der Waals surface area contributed by atoms with E-state index >= 15 is 0 Å². The molecule has 4 nitrogen and oxygen atoms in total. The van der Waals surface area contributed by atoms with Gasteiger partial charge in [-0.15, -0.1) is 0 Å². The Morgan fingerprint density at radius 1 is 1.20 bits per heavy atom. The molecule has 2 rings (SSSR count). The fourth-order valence-corrected chi connectivity index (χ4v) is 3.39. The normalized spacial score (nSPS) is 11.3. The predicted octanol–water partition coefficient (Wildman–Crippen LogP) is 3.92. The fraction of sp³-hybridized carbons (Fsp3) is 0.0769. The Labute approximate surface area is 130 Å². The zero-order valence-electron chi connectivity index (χ0n) is 10.4. The lowest BCUT2D eigenvalue weighted by Crippen LogP contribution is -2.12. The lowest BCUT2D eigenvalue weighted by molar-refractivity contribution is 0.472. The van der Waals surface area contributed by atoms with E-state index in [1.54, 1.807) is 12.1 Å². The maximum Gasteiger partial charge on any atom is 0.261 e. The van der Waals surface area contributed by atoms with Crippen LogP contribution < -0.4 is 4.72 Å². The molecule has 0 spiro atoms. The minimum Gasteiger partial charge on any atom is -0.505 e. The first-order valence-corrected chi connectivity index (χ1v) is 8.22. The summed E-state index contributed by atoms with van der Waals surface area (Å²) in [6.45, 7) is 1.88. The van der Waals surface area contributed by atoms with Gasteiger partial charge in [0.05, 0.1) is 20.1 Å². The first-order chi connectivity index (χ1) is 9.29. The van der Waals surface area contributed by atoms with Crippen molar-refractivity contribution in [3.63, 3.8) is 0 Å². The van der Waals surface area contributed by atoms with Crippen LogP contribution in [0.5, 0.6) is 5.75 Å². The van der Waals surface area contributed by atoms with Crippen LogP contribution in [-0.4, -0.2) is 13.5 Å². The van der Waals surface area contributed by atoms with Gasteiger partial charge in [0.1, 0.15) is 5.75 Å². The van der Waals surface area contributed by atoms with Crippen LogP contribution in [0.25, 0.3) is 0 Å². The zero-order valence-corrected chi connectivity index (χ0v) is 13.6. The van der Waals surface area contributed by atoms with Crippen molar-refractivity contribution >= 4 is 43.2 Å². The Morgan fingerprint density at radius 3 is 2.35 bits per heavy atom. The fourth-order valence-electron chi connectivity index (χ4n) is 1.56. The van der Waals surface area contributed by atoms with E-state index in [0.29, 0.717) is 4.47 Å². The molecule has 0 aliphatic rings. The van der Waals surface area contributed by atoms with Crippen LogP contribution in [0.3, 0.4) is 0 Å². The molecule has 106 valence electrons. The summed E-state index contributed by atoms with van der Waals surface area (Å²) in [4.78, 5) is 0.156. The molecule has 0 amide bonds. The van der Waals surface area contributed by atoms with Gasteiger partial charge in [0, 0.05) is 0 Å². The van der Waals surface area contributed by atoms with Gasteiger partial charge in [-0.05, 0) is 47.1 Å². The molecule has 7 heteroatoms. The molecule has 2 N–H and O–H groups in total. The first-order valence-electron chi connectivity index (χ1n) is 5.57. The number of phenolic OH excluding ortho intramolecular Hbond substituents is 1. The van der Waals surface area contributed by atoms with Crippen molar-refractivity contribution < 1.29 is 13.5 Å². The molecule has 2 aromatic carbocycles. The predicted molar refractivity (Wildman–Crippen MR) is 82.8 cm³/mol.